The lowest BCUT2D eigenvalue weighted by Crippen LogP contribution is -2.07. The Bertz CT molecular complexity index is 307. The highest BCUT2D eigenvalue weighted by Gasteiger charge is 2.18. The lowest BCUT2D eigenvalue weighted by atomic mass is 9.93. The molecule has 0 aliphatic heterocycles. The summed E-state index contributed by atoms with van der Waals surface area (Å²) in [6.07, 6.45) is 1.26. The normalized spacial score (nSPS) is 9.43. The lowest BCUT2D eigenvalue weighted by Gasteiger charge is -2.12. The van der Waals surface area contributed by atoms with Gasteiger partial charge in [0.15, 0.2) is 0 Å². The molecule has 1 nitrogen and oxygen atoms in total. The predicted molar refractivity (Wildman–Crippen MR) is 55.9 cm³/mol. The van der Waals surface area contributed by atoms with Crippen molar-refractivity contribution in [1.82, 2.24) is 0 Å². The molecule has 2 heteroatoms. The average molecular weight is 194 g/mol. The zero-order valence-corrected chi connectivity index (χ0v) is 8.65. The molecule has 0 aliphatic carbocycles. The highest BCUT2D eigenvalue weighted by atomic mass is 19.1. The molecule has 0 saturated carbocycles. The molecule has 0 bridgehead atoms. The fourth-order valence-electron chi connectivity index (χ4n) is 0.529. The SMILES string of the molecule is C=C(F)C(C)(C)C#CC#CCCCO. The third-order valence-corrected chi connectivity index (χ3v) is 1.66. The maximum atomic E-state index is 12.7. The summed E-state index contributed by atoms with van der Waals surface area (Å²) < 4.78 is 12.7. The molecule has 0 saturated heterocycles. The summed E-state index contributed by atoms with van der Waals surface area (Å²) in [6.45, 7) is 6.64. The topological polar surface area (TPSA) is 20.2 Å². The first kappa shape index (κ1) is 12.8. The monoisotopic (exact) mass is 194 g/mol. The summed E-state index contributed by atoms with van der Waals surface area (Å²) in [5.41, 5.74) is -0.828. The number of allylic oxidation sites excluding steroid dienone is 1. The van der Waals surface area contributed by atoms with Gasteiger partial charge in [0.25, 0.3) is 0 Å². The average Bonchev–Trinajstić information content (AvgIpc) is 2.10. The summed E-state index contributed by atoms with van der Waals surface area (Å²) in [6, 6.07) is 0. The number of rotatable bonds is 3. The van der Waals surface area contributed by atoms with E-state index in [0.29, 0.717) is 12.8 Å². The van der Waals surface area contributed by atoms with Crippen LogP contribution in [0.5, 0.6) is 0 Å². The first-order chi connectivity index (χ1) is 6.50. The van der Waals surface area contributed by atoms with Crippen molar-refractivity contribution in [2.24, 2.45) is 5.41 Å². The molecular formula is C12H15FO. The van der Waals surface area contributed by atoms with Crippen LogP contribution in [0.3, 0.4) is 0 Å². The Labute approximate surface area is 85.0 Å². The summed E-state index contributed by atoms with van der Waals surface area (Å²) in [4.78, 5) is 0. The van der Waals surface area contributed by atoms with Gasteiger partial charge < -0.3 is 5.11 Å². The molecule has 14 heavy (non-hydrogen) atoms. The van der Waals surface area contributed by atoms with Gasteiger partial charge in [-0.15, -0.1) is 0 Å². The van der Waals surface area contributed by atoms with E-state index in [9.17, 15) is 4.39 Å². The maximum Gasteiger partial charge on any atom is 0.110 e. The molecular weight excluding hydrogens is 179 g/mol. The molecule has 0 spiro atoms. The zero-order chi connectivity index (χ0) is 11.0. The van der Waals surface area contributed by atoms with Gasteiger partial charge in [-0.25, -0.2) is 4.39 Å². The molecule has 0 amide bonds. The van der Waals surface area contributed by atoms with E-state index < -0.39 is 11.2 Å². The van der Waals surface area contributed by atoms with E-state index in [0.717, 1.165) is 0 Å². The van der Waals surface area contributed by atoms with Crippen LogP contribution in [0.25, 0.3) is 0 Å². The quantitative estimate of drug-likeness (QED) is 0.540. The summed E-state index contributed by atoms with van der Waals surface area (Å²) in [5.74, 6) is 10.2. The van der Waals surface area contributed by atoms with Gasteiger partial charge in [0.05, 0.1) is 5.41 Å². The van der Waals surface area contributed by atoms with E-state index in [4.69, 9.17) is 5.11 Å². The van der Waals surface area contributed by atoms with Crippen LogP contribution in [-0.2, 0) is 0 Å². The van der Waals surface area contributed by atoms with Crippen molar-refractivity contribution in [3.05, 3.63) is 12.4 Å². The first-order valence-electron chi connectivity index (χ1n) is 4.46. The minimum Gasteiger partial charge on any atom is -0.396 e. The van der Waals surface area contributed by atoms with Gasteiger partial charge in [-0.2, -0.15) is 0 Å². The van der Waals surface area contributed by atoms with Crippen LogP contribution in [0.15, 0.2) is 12.4 Å². The number of aliphatic hydroxyl groups excluding tert-OH is 1. The summed E-state index contributed by atoms with van der Waals surface area (Å²) in [7, 11) is 0. The van der Waals surface area contributed by atoms with Crippen LogP contribution in [0, 0.1) is 29.1 Å². The van der Waals surface area contributed by atoms with Crippen molar-refractivity contribution < 1.29 is 9.50 Å². The van der Waals surface area contributed by atoms with Crippen LogP contribution in [-0.4, -0.2) is 11.7 Å². The van der Waals surface area contributed by atoms with E-state index in [2.05, 4.69) is 30.3 Å². The van der Waals surface area contributed by atoms with Crippen molar-refractivity contribution in [2.45, 2.75) is 26.7 Å². The molecule has 0 aromatic heterocycles. The van der Waals surface area contributed by atoms with Crippen LogP contribution in [0.1, 0.15) is 26.7 Å². The third kappa shape index (κ3) is 5.41. The molecule has 0 aromatic rings. The minimum absolute atomic E-state index is 0.134. The van der Waals surface area contributed by atoms with Gasteiger partial charge in [0.2, 0.25) is 0 Å². The van der Waals surface area contributed by atoms with Gasteiger partial charge in [0, 0.05) is 13.0 Å². The molecule has 0 atom stereocenters. The van der Waals surface area contributed by atoms with Crippen molar-refractivity contribution in [2.75, 3.05) is 6.61 Å². The standard InChI is InChI=1S/C12H15FO/c1-11(13)12(2,3)9-7-5-4-6-8-10-14/h14H,1,6,8,10H2,2-3H3. The Morgan fingerprint density at radius 2 is 2.07 bits per heavy atom. The second kappa shape index (κ2) is 6.24. The van der Waals surface area contributed by atoms with Crippen LogP contribution >= 0.6 is 0 Å². The van der Waals surface area contributed by atoms with Crippen molar-refractivity contribution in [3.63, 3.8) is 0 Å². The molecule has 0 fully saturated rings. The number of aliphatic hydroxyl groups is 1. The Kier molecular flexibility index (Phi) is 5.68. The maximum absolute atomic E-state index is 12.7. The van der Waals surface area contributed by atoms with E-state index in [1.165, 1.54) is 0 Å². The van der Waals surface area contributed by atoms with Crippen LogP contribution < -0.4 is 0 Å². The highest BCUT2D eigenvalue weighted by molar-refractivity contribution is 5.31. The van der Waals surface area contributed by atoms with Crippen molar-refractivity contribution >= 4 is 0 Å². The summed E-state index contributed by atoms with van der Waals surface area (Å²) >= 11 is 0. The van der Waals surface area contributed by atoms with Crippen molar-refractivity contribution in [3.8, 4) is 23.7 Å². The predicted octanol–water partition coefficient (Wildman–Crippen LogP) is 2.28. The molecule has 0 rings (SSSR count). The van der Waals surface area contributed by atoms with E-state index in [1.54, 1.807) is 13.8 Å². The molecule has 0 unspecified atom stereocenters. The number of hydrogen-bond acceptors (Lipinski definition) is 1. The van der Waals surface area contributed by atoms with Crippen LogP contribution in [0.4, 0.5) is 4.39 Å². The fourth-order valence-corrected chi connectivity index (χ4v) is 0.529. The Morgan fingerprint density at radius 1 is 1.43 bits per heavy atom. The number of halogens is 1. The molecule has 1 N–H and O–H groups in total. The van der Waals surface area contributed by atoms with Gasteiger partial charge in [-0.05, 0) is 32.1 Å². The zero-order valence-electron chi connectivity index (χ0n) is 8.65. The largest absolute Gasteiger partial charge is 0.396 e. The molecule has 0 aromatic carbocycles. The second-order valence-electron chi connectivity index (χ2n) is 3.41. The number of hydrogen-bond donors (Lipinski definition) is 1. The fraction of sp³-hybridized carbons (Fsp3) is 0.500. The minimum atomic E-state index is -0.828. The van der Waals surface area contributed by atoms with Crippen molar-refractivity contribution in [1.29, 1.82) is 0 Å². The lowest BCUT2D eigenvalue weighted by molar-refractivity contribution is 0.290. The van der Waals surface area contributed by atoms with E-state index in [-0.39, 0.29) is 6.61 Å². The van der Waals surface area contributed by atoms with Gasteiger partial charge in [-0.1, -0.05) is 18.4 Å². The van der Waals surface area contributed by atoms with E-state index >= 15 is 0 Å². The Morgan fingerprint density at radius 3 is 2.57 bits per heavy atom. The van der Waals surface area contributed by atoms with Gasteiger partial charge >= 0.3 is 0 Å². The van der Waals surface area contributed by atoms with E-state index in [1.807, 2.05) is 0 Å². The third-order valence-electron chi connectivity index (χ3n) is 1.66. The number of unbranched alkanes of at least 4 members (excludes halogenated alkanes) is 1. The second-order valence-corrected chi connectivity index (χ2v) is 3.41. The Balaban J connectivity index is 4.15. The van der Waals surface area contributed by atoms with Crippen LogP contribution in [0.2, 0.25) is 0 Å². The van der Waals surface area contributed by atoms with Gasteiger partial charge in [-0.3, -0.25) is 0 Å². The molecule has 0 heterocycles. The first-order valence-corrected chi connectivity index (χ1v) is 4.46. The molecule has 0 aliphatic rings. The van der Waals surface area contributed by atoms with Gasteiger partial charge in [0.1, 0.15) is 5.83 Å². The summed E-state index contributed by atoms with van der Waals surface area (Å²) in [5, 5.41) is 8.46. The Hall–Kier alpha value is -1.25. The molecule has 76 valence electrons. The molecule has 0 radical (unpaired) electrons. The highest BCUT2D eigenvalue weighted by Crippen LogP contribution is 2.23. The smallest absolute Gasteiger partial charge is 0.110 e.